The lowest BCUT2D eigenvalue weighted by atomic mass is 9.97. The van der Waals surface area contributed by atoms with E-state index in [0.29, 0.717) is 0 Å². The number of aromatic nitrogens is 2. The zero-order valence-corrected chi connectivity index (χ0v) is 16.6. The molecule has 2 aliphatic heterocycles. The Hall–Kier alpha value is -2.73. The van der Waals surface area contributed by atoms with Gasteiger partial charge >= 0.3 is 0 Å². The fraction of sp³-hybridized carbons (Fsp3) is 0.391. The van der Waals surface area contributed by atoms with Crippen molar-refractivity contribution in [1.82, 2.24) is 14.5 Å². The Morgan fingerprint density at radius 2 is 2.00 bits per heavy atom. The quantitative estimate of drug-likeness (QED) is 0.685. The molecule has 1 aromatic heterocycles. The topological polar surface area (TPSA) is 41.4 Å². The second-order valence-electron chi connectivity index (χ2n) is 8.23. The Morgan fingerprint density at radius 3 is 2.83 bits per heavy atom. The summed E-state index contributed by atoms with van der Waals surface area (Å²) in [7, 11) is 2.00. The lowest BCUT2D eigenvalue weighted by molar-refractivity contribution is -0.122. The molecule has 2 aliphatic rings. The van der Waals surface area contributed by atoms with Gasteiger partial charge in [-0.1, -0.05) is 12.1 Å². The van der Waals surface area contributed by atoms with Crippen LogP contribution < -0.4 is 4.90 Å². The molecule has 1 saturated heterocycles. The van der Waals surface area contributed by atoms with Gasteiger partial charge < -0.3 is 9.47 Å². The van der Waals surface area contributed by atoms with Crippen LogP contribution in [0, 0.1) is 11.7 Å². The third-order valence-corrected chi connectivity index (χ3v) is 6.28. The molecule has 0 saturated carbocycles. The SMILES string of the molecule is Cn1cnc2c3c(ccc21)N(C(=O)C1CCN(Cc2ccc(F)cc2)C1)CCC3. The van der Waals surface area contributed by atoms with Crippen molar-refractivity contribution in [2.24, 2.45) is 13.0 Å². The Bertz CT molecular complexity index is 1060. The number of benzene rings is 2. The van der Waals surface area contributed by atoms with Crippen molar-refractivity contribution in [2.75, 3.05) is 24.5 Å². The number of anilines is 1. The summed E-state index contributed by atoms with van der Waals surface area (Å²) in [6.45, 7) is 3.19. The Labute approximate surface area is 169 Å². The number of hydrogen-bond donors (Lipinski definition) is 0. The minimum Gasteiger partial charge on any atom is -0.334 e. The lowest BCUT2D eigenvalue weighted by Crippen LogP contribution is -2.40. The summed E-state index contributed by atoms with van der Waals surface area (Å²) >= 11 is 0. The predicted octanol–water partition coefficient (Wildman–Crippen LogP) is 3.51. The van der Waals surface area contributed by atoms with Gasteiger partial charge in [-0.25, -0.2) is 9.37 Å². The van der Waals surface area contributed by atoms with E-state index in [4.69, 9.17) is 0 Å². The molecular weight excluding hydrogens is 367 g/mol. The van der Waals surface area contributed by atoms with Crippen LogP contribution in [0.4, 0.5) is 10.1 Å². The zero-order valence-electron chi connectivity index (χ0n) is 16.6. The minimum atomic E-state index is -0.214. The molecule has 3 aromatic rings. The molecule has 0 aliphatic carbocycles. The van der Waals surface area contributed by atoms with Gasteiger partial charge in [-0.3, -0.25) is 9.69 Å². The Morgan fingerprint density at radius 1 is 1.17 bits per heavy atom. The van der Waals surface area contributed by atoms with Crippen LogP contribution in [-0.2, 0) is 24.8 Å². The van der Waals surface area contributed by atoms with Crippen molar-refractivity contribution in [1.29, 1.82) is 0 Å². The summed E-state index contributed by atoms with van der Waals surface area (Å²) in [6.07, 6.45) is 4.66. The van der Waals surface area contributed by atoms with E-state index in [0.717, 1.165) is 67.7 Å². The fourth-order valence-corrected chi connectivity index (χ4v) is 4.76. The number of rotatable bonds is 3. The number of likely N-dealkylation sites (tertiary alicyclic amines) is 1. The molecule has 1 atom stereocenters. The summed E-state index contributed by atoms with van der Waals surface area (Å²) in [6, 6.07) is 10.8. The van der Waals surface area contributed by atoms with Crippen LogP contribution in [0.3, 0.4) is 0 Å². The summed E-state index contributed by atoms with van der Waals surface area (Å²) < 4.78 is 15.2. The molecule has 6 heteroatoms. The molecule has 3 heterocycles. The molecule has 1 unspecified atom stereocenters. The minimum absolute atomic E-state index is 0.0147. The molecule has 1 amide bonds. The molecule has 0 bridgehead atoms. The maximum absolute atomic E-state index is 13.4. The van der Waals surface area contributed by atoms with Crippen molar-refractivity contribution >= 4 is 22.6 Å². The van der Waals surface area contributed by atoms with Gasteiger partial charge in [0.25, 0.3) is 0 Å². The number of amides is 1. The molecule has 0 N–H and O–H groups in total. The first kappa shape index (κ1) is 18.3. The summed E-state index contributed by atoms with van der Waals surface area (Å²) in [5, 5.41) is 0. The molecule has 0 radical (unpaired) electrons. The van der Waals surface area contributed by atoms with Crippen LogP contribution in [0.5, 0.6) is 0 Å². The molecule has 5 nitrogen and oxygen atoms in total. The lowest BCUT2D eigenvalue weighted by Gasteiger charge is -2.31. The van der Waals surface area contributed by atoms with E-state index in [1.54, 1.807) is 0 Å². The summed E-state index contributed by atoms with van der Waals surface area (Å²) in [5.41, 5.74) is 5.45. The van der Waals surface area contributed by atoms with E-state index < -0.39 is 0 Å². The largest absolute Gasteiger partial charge is 0.334 e. The van der Waals surface area contributed by atoms with Gasteiger partial charge in [0, 0.05) is 37.9 Å². The van der Waals surface area contributed by atoms with Crippen molar-refractivity contribution in [3.05, 3.63) is 59.7 Å². The average molecular weight is 392 g/mol. The number of imidazole rings is 1. The molecule has 5 rings (SSSR count). The number of aryl methyl sites for hydroxylation is 2. The van der Waals surface area contributed by atoms with Gasteiger partial charge in [-0.05, 0) is 55.6 Å². The first-order valence-corrected chi connectivity index (χ1v) is 10.3. The molecule has 2 aromatic carbocycles. The highest BCUT2D eigenvalue weighted by Crippen LogP contribution is 2.34. The standard InChI is InChI=1S/C23H25FN4O/c1-26-15-25-22-19-3-2-11-28(20(19)8-9-21(22)26)23(29)17-10-12-27(14-17)13-16-4-6-18(24)7-5-16/h4-9,15,17H,2-3,10-14H2,1H3. The third-order valence-electron chi connectivity index (χ3n) is 6.28. The van der Waals surface area contributed by atoms with Crippen LogP contribution in [-0.4, -0.2) is 40.0 Å². The van der Waals surface area contributed by atoms with Gasteiger partial charge in [-0.2, -0.15) is 0 Å². The number of fused-ring (bicyclic) bond motifs is 3. The normalized spacial score (nSPS) is 19.7. The molecular formula is C23H25FN4O. The van der Waals surface area contributed by atoms with Gasteiger partial charge in [0.15, 0.2) is 0 Å². The van der Waals surface area contributed by atoms with Gasteiger partial charge in [0.2, 0.25) is 5.91 Å². The predicted molar refractivity (Wildman–Crippen MR) is 111 cm³/mol. The van der Waals surface area contributed by atoms with Crippen LogP contribution in [0.2, 0.25) is 0 Å². The molecule has 1 fully saturated rings. The fourth-order valence-electron chi connectivity index (χ4n) is 4.76. The Kier molecular flexibility index (Phi) is 4.59. The van der Waals surface area contributed by atoms with Gasteiger partial charge in [0.1, 0.15) is 5.82 Å². The van der Waals surface area contributed by atoms with Crippen molar-refractivity contribution in [3.8, 4) is 0 Å². The highest BCUT2D eigenvalue weighted by atomic mass is 19.1. The second kappa shape index (κ2) is 7.26. The Balaban J connectivity index is 1.33. The van der Waals surface area contributed by atoms with Crippen molar-refractivity contribution in [3.63, 3.8) is 0 Å². The van der Waals surface area contributed by atoms with E-state index in [1.807, 2.05) is 35.0 Å². The van der Waals surface area contributed by atoms with Crippen LogP contribution in [0.15, 0.2) is 42.7 Å². The number of halogens is 1. The molecule has 29 heavy (non-hydrogen) atoms. The van der Waals surface area contributed by atoms with Crippen molar-refractivity contribution < 1.29 is 9.18 Å². The second-order valence-corrected chi connectivity index (χ2v) is 8.23. The zero-order chi connectivity index (χ0) is 20.0. The average Bonchev–Trinajstić information content (AvgIpc) is 3.36. The maximum Gasteiger partial charge on any atom is 0.231 e. The number of carbonyl (C=O) groups excluding carboxylic acids is 1. The number of hydrogen-bond acceptors (Lipinski definition) is 3. The van der Waals surface area contributed by atoms with Crippen LogP contribution in [0.25, 0.3) is 11.0 Å². The number of carbonyl (C=O) groups is 1. The monoisotopic (exact) mass is 392 g/mol. The van der Waals surface area contributed by atoms with Crippen LogP contribution in [0.1, 0.15) is 24.0 Å². The third kappa shape index (κ3) is 3.31. The van der Waals surface area contributed by atoms with Crippen molar-refractivity contribution in [2.45, 2.75) is 25.8 Å². The van der Waals surface area contributed by atoms with E-state index in [-0.39, 0.29) is 17.6 Å². The highest BCUT2D eigenvalue weighted by molar-refractivity contribution is 5.99. The van der Waals surface area contributed by atoms with E-state index in [1.165, 1.54) is 17.7 Å². The van der Waals surface area contributed by atoms with Gasteiger partial charge in [-0.15, -0.1) is 0 Å². The first-order valence-electron chi connectivity index (χ1n) is 10.3. The summed E-state index contributed by atoms with van der Waals surface area (Å²) in [5.74, 6) is 0.0256. The maximum atomic E-state index is 13.4. The van der Waals surface area contributed by atoms with Gasteiger partial charge in [0.05, 0.1) is 23.3 Å². The van der Waals surface area contributed by atoms with Crippen LogP contribution >= 0.6 is 0 Å². The summed E-state index contributed by atoms with van der Waals surface area (Å²) in [4.78, 5) is 22.2. The van der Waals surface area contributed by atoms with E-state index >= 15 is 0 Å². The molecule has 0 spiro atoms. The van der Waals surface area contributed by atoms with E-state index in [2.05, 4.69) is 22.0 Å². The highest BCUT2D eigenvalue weighted by Gasteiger charge is 2.34. The molecule has 150 valence electrons. The smallest absolute Gasteiger partial charge is 0.231 e. The van der Waals surface area contributed by atoms with E-state index in [9.17, 15) is 9.18 Å². The first-order chi connectivity index (χ1) is 14.1. The number of nitrogens with zero attached hydrogens (tertiary/aromatic N) is 4.